The Balaban J connectivity index is 1.61. The smallest absolute Gasteiger partial charge is 0.267 e. The van der Waals surface area contributed by atoms with E-state index in [0.29, 0.717) is 27.0 Å². The Morgan fingerprint density at radius 3 is 2.72 bits per heavy atom. The highest BCUT2D eigenvalue weighted by Gasteiger charge is 2.26. The summed E-state index contributed by atoms with van der Waals surface area (Å²) in [5.74, 6) is 0.420. The molecule has 6 nitrogen and oxygen atoms in total. The maximum atomic E-state index is 14.9. The van der Waals surface area contributed by atoms with E-state index in [1.165, 1.54) is 45.7 Å². The number of aromatic nitrogens is 2. The van der Waals surface area contributed by atoms with Crippen molar-refractivity contribution in [2.24, 2.45) is 5.92 Å². The zero-order valence-electron chi connectivity index (χ0n) is 20.2. The predicted molar refractivity (Wildman–Crippen MR) is 143 cm³/mol. The monoisotopic (exact) mass is 543 g/mol. The fourth-order valence-electron chi connectivity index (χ4n) is 4.47. The van der Waals surface area contributed by atoms with Gasteiger partial charge in [0.2, 0.25) is 10.0 Å². The Kier molecular flexibility index (Phi) is 6.80. The van der Waals surface area contributed by atoms with Gasteiger partial charge >= 0.3 is 0 Å². The van der Waals surface area contributed by atoms with Crippen molar-refractivity contribution < 1.29 is 12.8 Å². The third-order valence-electron chi connectivity index (χ3n) is 6.44. The molecule has 36 heavy (non-hydrogen) atoms. The van der Waals surface area contributed by atoms with Gasteiger partial charge in [0.1, 0.15) is 10.6 Å². The van der Waals surface area contributed by atoms with Crippen LogP contribution in [0.15, 0.2) is 63.4 Å². The van der Waals surface area contributed by atoms with Gasteiger partial charge in [0.25, 0.3) is 5.56 Å². The van der Waals surface area contributed by atoms with Crippen LogP contribution in [0, 0.1) is 11.7 Å². The van der Waals surface area contributed by atoms with E-state index in [0.717, 1.165) is 30.4 Å². The number of halogens is 1. The van der Waals surface area contributed by atoms with Gasteiger partial charge in [0.05, 0.1) is 16.0 Å². The molecule has 188 valence electrons. The fourth-order valence-corrected chi connectivity index (χ4v) is 7.81. The Morgan fingerprint density at radius 1 is 1.19 bits per heavy atom. The van der Waals surface area contributed by atoms with E-state index in [-0.39, 0.29) is 16.1 Å². The molecule has 0 unspecified atom stereocenters. The molecule has 10 heteroatoms. The first-order chi connectivity index (χ1) is 17.2. The molecule has 1 aliphatic carbocycles. The number of hydrogen-bond donors (Lipinski definition) is 0. The van der Waals surface area contributed by atoms with Crippen LogP contribution in [0.5, 0.6) is 0 Å². The zero-order chi connectivity index (χ0) is 25.6. The van der Waals surface area contributed by atoms with Crippen molar-refractivity contribution in [1.82, 2.24) is 13.9 Å². The molecule has 2 aromatic heterocycles. The van der Waals surface area contributed by atoms with E-state index < -0.39 is 15.8 Å². The average molecular weight is 544 g/mol. The minimum absolute atomic E-state index is 0.160. The lowest BCUT2D eigenvalue weighted by molar-refractivity contribution is 0.509. The van der Waals surface area contributed by atoms with Gasteiger partial charge in [-0.15, -0.1) is 11.3 Å². The second-order valence-corrected chi connectivity index (χ2v) is 13.4. The topological polar surface area (TPSA) is 72.3 Å². The van der Waals surface area contributed by atoms with Crippen LogP contribution in [0.2, 0.25) is 0 Å². The highest BCUT2D eigenvalue weighted by molar-refractivity contribution is 7.98. The van der Waals surface area contributed by atoms with Gasteiger partial charge < -0.3 is 0 Å². The lowest BCUT2D eigenvalue weighted by atomic mass is 9.89. The summed E-state index contributed by atoms with van der Waals surface area (Å²) < 4.78 is 42.6. The van der Waals surface area contributed by atoms with Crippen molar-refractivity contribution in [1.29, 1.82) is 0 Å². The molecular weight excluding hydrogens is 518 g/mol. The molecule has 0 saturated heterocycles. The minimum Gasteiger partial charge on any atom is -0.268 e. The molecule has 5 rings (SSSR count). The first-order valence-electron chi connectivity index (χ1n) is 11.6. The number of hydrogen-bond acceptors (Lipinski definition) is 6. The summed E-state index contributed by atoms with van der Waals surface area (Å²) in [5, 5.41) is 0.971. The van der Waals surface area contributed by atoms with Crippen LogP contribution in [-0.2, 0) is 28.6 Å². The first-order valence-corrected chi connectivity index (χ1v) is 14.9. The zero-order valence-corrected chi connectivity index (χ0v) is 22.6. The van der Waals surface area contributed by atoms with Crippen molar-refractivity contribution in [3.05, 3.63) is 80.7 Å². The molecule has 0 fully saturated rings. The van der Waals surface area contributed by atoms with Gasteiger partial charge in [0, 0.05) is 24.7 Å². The van der Waals surface area contributed by atoms with Gasteiger partial charge in [-0.3, -0.25) is 9.36 Å². The Morgan fingerprint density at radius 2 is 1.97 bits per heavy atom. The van der Waals surface area contributed by atoms with Crippen molar-refractivity contribution in [3.8, 4) is 5.69 Å². The van der Waals surface area contributed by atoms with Crippen LogP contribution >= 0.6 is 23.1 Å². The average Bonchev–Trinajstić information content (AvgIpc) is 3.21. The van der Waals surface area contributed by atoms with Crippen LogP contribution in [0.3, 0.4) is 0 Å². The summed E-state index contributed by atoms with van der Waals surface area (Å²) in [6, 6.07) is 12.9. The Hall–Kier alpha value is -2.53. The molecule has 4 aromatic rings. The number of aryl methyl sites for hydroxylation is 1. The Bertz CT molecular complexity index is 1630. The quantitative estimate of drug-likeness (QED) is 0.245. The Labute approximate surface area is 217 Å². The number of nitrogens with zero attached hydrogens (tertiary/aromatic N) is 3. The lowest BCUT2D eigenvalue weighted by Gasteiger charge is -2.18. The third kappa shape index (κ3) is 4.51. The number of fused-ring (bicyclic) bond motifs is 3. The molecule has 0 bridgehead atoms. The summed E-state index contributed by atoms with van der Waals surface area (Å²) in [6.07, 6.45) is 2.76. The van der Waals surface area contributed by atoms with E-state index in [4.69, 9.17) is 4.98 Å². The molecule has 1 atom stereocenters. The molecule has 2 heterocycles. The number of rotatable bonds is 6. The largest absolute Gasteiger partial charge is 0.268 e. The lowest BCUT2D eigenvalue weighted by Crippen LogP contribution is -2.23. The normalized spacial score (nSPS) is 16.0. The predicted octanol–water partition coefficient (Wildman–Crippen LogP) is 5.25. The summed E-state index contributed by atoms with van der Waals surface area (Å²) >= 11 is 2.84. The second-order valence-electron chi connectivity index (χ2n) is 9.24. The summed E-state index contributed by atoms with van der Waals surface area (Å²) in [7, 11) is -0.595. The SMILES string of the molecule is C[C@H]1CCc2c(sc3nc(SCc4cccc(S(=O)(=O)N(C)C)c4)n(-c4ccccc4F)c(=O)c23)C1. The summed E-state index contributed by atoms with van der Waals surface area (Å²) in [5.41, 5.74) is 1.71. The van der Waals surface area contributed by atoms with Gasteiger partial charge in [-0.25, -0.2) is 22.1 Å². The van der Waals surface area contributed by atoms with E-state index in [1.54, 1.807) is 47.7 Å². The number of benzene rings is 2. The molecule has 0 N–H and O–H groups in total. The van der Waals surface area contributed by atoms with Crippen molar-refractivity contribution in [2.75, 3.05) is 14.1 Å². The van der Waals surface area contributed by atoms with Crippen LogP contribution in [0.25, 0.3) is 15.9 Å². The fraction of sp³-hybridized carbons (Fsp3) is 0.308. The van der Waals surface area contributed by atoms with E-state index in [9.17, 15) is 17.6 Å². The van der Waals surface area contributed by atoms with E-state index >= 15 is 0 Å². The highest BCUT2D eigenvalue weighted by Crippen LogP contribution is 2.37. The number of thioether (sulfide) groups is 1. The molecule has 0 aliphatic heterocycles. The summed E-state index contributed by atoms with van der Waals surface area (Å²) in [6.45, 7) is 2.21. The van der Waals surface area contributed by atoms with Crippen LogP contribution < -0.4 is 5.56 Å². The highest BCUT2D eigenvalue weighted by atomic mass is 32.2. The van der Waals surface area contributed by atoms with Gasteiger partial charge in [-0.1, -0.05) is 43.0 Å². The number of thiophene rings is 1. The van der Waals surface area contributed by atoms with Crippen molar-refractivity contribution in [2.45, 2.75) is 42.0 Å². The molecular formula is C26H26FN3O3S3. The maximum Gasteiger partial charge on any atom is 0.267 e. The number of sulfonamides is 1. The van der Waals surface area contributed by atoms with Gasteiger partial charge in [0.15, 0.2) is 5.16 Å². The van der Waals surface area contributed by atoms with Crippen molar-refractivity contribution in [3.63, 3.8) is 0 Å². The number of para-hydroxylation sites is 1. The maximum absolute atomic E-state index is 14.9. The molecule has 0 amide bonds. The summed E-state index contributed by atoms with van der Waals surface area (Å²) in [4.78, 5) is 20.8. The van der Waals surface area contributed by atoms with Gasteiger partial charge in [-0.05, 0) is 60.6 Å². The second kappa shape index (κ2) is 9.74. The molecule has 0 radical (unpaired) electrons. The first kappa shape index (κ1) is 25.1. The molecule has 0 spiro atoms. The van der Waals surface area contributed by atoms with Crippen LogP contribution in [0.4, 0.5) is 4.39 Å². The molecule has 2 aromatic carbocycles. The van der Waals surface area contributed by atoms with Gasteiger partial charge in [-0.2, -0.15) is 0 Å². The standard InChI is InChI=1S/C26H26FN3O3S3/c1-16-11-12-19-22(13-16)35-24-23(19)25(31)30(21-10-5-4-9-20(21)27)26(28-24)34-15-17-7-6-8-18(14-17)36(32,33)29(2)3/h4-10,14,16H,11-13,15H2,1-3H3/t16-/m0/s1. The minimum atomic E-state index is -3.58. The van der Waals surface area contributed by atoms with Crippen molar-refractivity contribution >= 4 is 43.3 Å². The van der Waals surface area contributed by atoms with Crippen LogP contribution in [-0.4, -0.2) is 36.4 Å². The van der Waals surface area contributed by atoms with E-state index in [2.05, 4.69) is 6.92 Å². The molecule has 1 aliphatic rings. The third-order valence-corrected chi connectivity index (χ3v) is 10.4. The van der Waals surface area contributed by atoms with Crippen LogP contribution in [0.1, 0.15) is 29.3 Å². The van der Waals surface area contributed by atoms with E-state index in [1.807, 2.05) is 6.07 Å². The molecule has 0 saturated carbocycles.